The lowest BCUT2D eigenvalue weighted by atomic mass is 9.71. The van der Waals surface area contributed by atoms with Crippen LogP contribution in [0.25, 0.3) is 0 Å². The fourth-order valence-electron chi connectivity index (χ4n) is 3.44. The van der Waals surface area contributed by atoms with Crippen LogP contribution in [0.2, 0.25) is 10.0 Å². The molecule has 0 bridgehead atoms. The number of halogens is 3. The van der Waals surface area contributed by atoms with E-state index < -0.39 is 0 Å². The summed E-state index contributed by atoms with van der Waals surface area (Å²) >= 11 is 14.9. The standard InChI is InChI=1S/C19H17ClN2O2.C6H2BrClN2/c20-17-7-6-16(11-21)22-19(17)15-8-14(9-15)10-18(23)24-12-13-4-2-1-3-5-13;7-6-5(8)2-1-4(3-9)10-6/h1-7,14-15H,8-10,12H2;1-2H. The summed E-state index contributed by atoms with van der Waals surface area (Å²) in [6, 6.07) is 20.1. The van der Waals surface area contributed by atoms with Gasteiger partial charge in [0.05, 0.1) is 15.7 Å². The minimum atomic E-state index is -0.174. The van der Waals surface area contributed by atoms with Gasteiger partial charge in [0.25, 0.3) is 0 Å². The lowest BCUT2D eigenvalue weighted by molar-refractivity contribution is -0.146. The summed E-state index contributed by atoms with van der Waals surface area (Å²) in [4.78, 5) is 20.0. The van der Waals surface area contributed by atoms with Crippen molar-refractivity contribution in [3.63, 3.8) is 0 Å². The number of carbonyl (C=O) groups excluding carboxylic acids is 1. The van der Waals surface area contributed by atoms with Crippen molar-refractivity contribution in [1.29, 1.82) is 10.5 Å². The maximum absolute atomic E-state index is 11.9. The van der Waals surface area contributed by atoms with Crippen LogP contribution in [-0.2, 0) is 16.1 Å². The van der Waals surface area contributed by atoms with Gasteiger partial charge in [0.2, 0.25) is 0 Å². The molecule has 9 heteroatoms. The highest BCUT2D eigenvalue weighted by molar-refractivity contribution is 9.10. The SMILES string of the molecule is N#Cc1ccc(Cl)c(Br)n1.N#Cc1ccc(Cl)c(C2CC(CC(=O)OCc3ccccc3)C2)n1. The molecule has 1 aromatic carbocycles. The Morgan fingerprint density at radius 2 is 1.59 bits per heavy atom. The van der Waals surface area contributed by atoms with Crippen molar-refractivity contribution < 1.29 is 9.53 Å². The normalized spacial score (nSPS) is 16.1. The average Bonchev–Trinajstić information content (AvgIpc) is 2.83. The van der Waals surface area contributed by atoms with E-state index in [0.29, 0.717) is 45.0 Å². The first-order valence-corrected chi connectivity index (χ1v) is 11.9. The molecule has 172 valence electrons. The highest BCUT2D eigenvalue weighted by Gasteiger charge is 2.34. The molecular weight excluding hydrogens is 539 g/mol. The average molecular weight is 558 g/mol. The number of nitriles is 2. The number of hydrogen-bond donors (Lipinski definition) is 0. The van der Waals surface area contributed by atoms with Crippen molar-refractivity contribution in [2.24, 2.45) is 5.92 Å². The molecule has 0 amide bonds. The van der Waals surface area contributed by atoms with Gasteiger partial charge in [0.1, 0.15) is 34.7 Å². The predicted octanol–water partition coefficient (Wildman–Crippen LogP) is 6.60. The van der Waals surface area contributed by atoms with Crippen LogP contribution in [0.4, 0.5) is 0 Å². The molecule has 6 nitrogen and oxygen atoms in total. The van der Waals surface area contributed by atoms with Gasteiger partial charge in [-0.15, -0.1) is 0 Å². The minimum absolute atomic E-state index is 0.174. The number of ether oxygens (including phenoxy) is 1. The van der Waals surface area contributed by atoms with E-state index >= 15 is 0 Å². The highest BCUT2D eigenvalue weighted by Crippen LogP contribution is 2.44. The Morgan fingerprint density at radius 3 is 2.21 bits per heavy atom. The number of nitrogens with zero attached hydrogens (tertiary/aromatic N) is 4. The number of benzene rings is 1. The van der Waals surface area contributed by atoms with Gasteiger partial charge in [0, 0.05) is 12.3 Å². The molecule has 0 N–H and O–H groups in total. The third-order valence-corrected chi connectivity index (χ3v) is 6.68. The molecular formula is C25H19BrCl2N4O2. The molecule has 1 aliphatic carbocycles. The summed E-state index contributed by atoms with van der Waals surface area (Å²) in [5.74, 6) is 0.340. The summed E-state index contributed by atoms with van der Waals surface area (Å²) in [5.41, 5.74) is 2.49. The summed E-state index contributed by atoms with van der Waals surface area (Å²) in [6.07, 6.45) is 2.11. The molecule has 2 aromatic heterocycles. The maximum atomic E-state index is 11.9. The smallest absolute Gasteiger partial charge is 0.306 e. The second-order valence-corrected chi connectivity index (χ2v) is 9.21. The zero-order valence-corrected chi connectivity index (χ0v) is 21.0. The van der Waals surface area contributed by atoms with Gasteiger partial charge >= 0.3 is 5.97 Å². The summed E-state index contributed by atoms with van der Waals surface area (Å²) in [7, 11) is 0. The predicted molar refractivity (Wildman–Crippen MR) is 132 cm³/mol. The van der Waals surface area contributed by atoms with Crippen LogP contribution >= 0.6 is 39.1 Å². The minimum Gasteiger partial charge on any atom is -0.461 e. The lowest BCUT2D eigenvalue weighted by Crippen LogP contribution is -2.26. The molecule has 4 rings (SSSR count). The monoisotopic (exact) mass is 556 g/mol. The summed E-state index contributed by atoms with van der Waals surface area (Å²) < 4.78 is 5.82. The molecule has 0 atom stereocenters. The van der Waals surface area contributed by atoms with E-state index in [-0.39, 0.29) is 11.9 Å². The van der Waals surface area contributed by atoms with Crippen LogP contribution < -0.4 is 0 Å². The summed E-state index contributed by atoms with van der Waals surface area (Å²) in [5, 5.41) is 18.4. The second-order valence-electron chi connectivity index (χ2n) is 7.64. The number of esters is 1. The Balaban J connectivity index is 0.000000271. The number of rotatable bonds is 5. The Labute approximate surface area is 216 Å². The van der Waals surface area contributed by atoms with Crippen molar-refractivity contribution in [3.05, 3.63) is 91.9 Å². The van der Waals surface area contributed by atoms with Crippen molar-refractivity contribution >= 4 is 45.1 Å². The number of carbonyl (C=O) groups is 1. The van der Waals surface area contributed by atoms with Gasteiger partial charge in [-0.2, -0.15) is 10.5 Å². The summed E-state index contributed by atoms with van der Waals surface area (Å²) in [6.45, 7) is 0.313. The lowest BCUT2D eigenvalue weighted by Gasteiger charge is -2.34. The van der Waals surface area contributed by atoms with E-state index in [1.807, 2.05) is 42.5 Å². The molecule has 2 heterocycles. The molecule has 1 aliphatic rings. The molecule has 34 heavy (non-hydrogen) atoms. The molecule has 0 unspecified atom stereocenters. The van der Waals surface area contributed by atoms with Crippen LogP contribution in [0.1, 0.15) is 47.8 Å². The maximum Gasteiger partial charge on any atom is 0.306 e. The first-order chi connectivity index (χ1) is 16.4. The third-order valence-electron chi connectivity index (χ3n) is 5.23. The van der Waals surface area contributed by atoms with Crippen LogP contribution in [0.3, 0.4) is 0 Å². The fourth-order valence-corrected chi connectivity index (χ4v) is 4.13. The molecule has 0 aliphatic heterocycles. The highest BCUT2D eigenvalue weighted by atomic mass is 79.9. The van der Waals surface area contributed by atoms with E-state index in [9.17, 15) is 4.79 Å². The molecule has 1 fully saturated rings. The zero-order chi connectivity index (χ0) is 24.5. The second kappa shape index (κ2) is 12.5. The van der Waals surface area contributed by atoms with Crippen molar-refractivity contribution in [2.75, 3.05) is 0 Å². The number of hydrogen-bond acceptors (Lipinski definition) is 6. The van der Waals surface area contributed by atoms with Gasteiger partial charge in [0.15, 0.2) is 0 Å². The molecule has 0 saturated heterocycles. The van der Waals surface area contributed by atoms with E-state index in [0.717, 1.165) is 24.1 Å². The largest absolute Gasteiger partial charge is 0.461 e. The van der Waals surface area contributed by atoms with Crippen molar-refractivity contribution in [3.8, 4) is 12.1 Å². The molecule has 3 aromatic rings. The van der Waals surface area contributed by atoms with Crippen LogP contribution in [0, 0.1) is 28.6 Å². The van der Waals surface area contributed by atoms with Gasteiger partial charge < -0.3 is 4.74 Å². The Kier molecular flexibility index (Phi) is 9.42. The third kappa shape index (κ3) is 7.27. The first kappa shape index (κ1) is 25.6. The van der Waals surface area contributed by atoms with Crippen molar-refractivity contribution in [1.82, 2.24) is 9.97 Å². The van der Waals surface area contributed by atoms with E-state index in [1.165, 1.54) is 0 Å². The molecule has 0 spiro atoms. The zero-order valence-electron chi connectivity index (χ0n) is 17.9. The number of aromatic nitrogens is 2. The van der Waals surface area contributed by atoms with Gasteiger partial charge in [-0.25, -0.2) is 9.97 Å². The van der Waals surface area contributed by atoms with Crippen LogP contribution in [-0.4, -0.2) is 15.9 Å². The molecule has 1 saturated carbocycles. The van der Waals surface area contributed by atoms with Crippen LogP contribution in [0.5, 0.6) is 0 Å². The Morgan fingerprint density at radius 1 is 0.971 bits per heavy atom. The van der Waals surface area contributed by atoms with E-state index in [4.69, 9.17) is 38.5 Å². The van der Waals surface area contributed by atoms with Crippen molar-refractivity contribution in [2.45, 2.75) is 31.8 Å². The van der Waals surface area contributed by atoms with Gasteiger partial charge in [-0.1, -0.05) is 53.5 Å². The fraction of sp³-hybridized carbons (Fsp3) is 0.240. The van der Waals surface area contributed by atoms with Gasteiger partial charge in [-0.3, -0.25) is 4.79 Å². The Hall–Kier alpha value is -2.97. The van der Waals surface area contributed by atoms with E-state index in [2.05, 4.69) is 25.9 Å². The quantitative estimate of drug-likeness (QED) is 0.258. The number of pyridine rings is 2. The Bertz CT molecular complexity index is 1240. The topological polar surface area (TPSA) is 99.7 Å². The van der Waals surface area contributed by atoms with Gasteiger partial charge in [-0.05, 0) is 64.5 Å². The molecule has 0 radical (unpaired) electrons. The first-order valence-electron chi connectivity index (χ1n) is 10.4. The van der Waals surface area contributed by atoms with Crippen LogP contribution in [0.15, 0.2) is 59.2 Å². The van der Waals surface area contributed by atoms with E-state index in [1.54, 1.807) is 24.3 Å².